The van der Waals surface area contributed by atoms with E-state index in [1.807, 2.05) is 6.92 Å². The molecule has 0 heterocycles. The van der Waals surface area contributed by atoms with Crippen LogP contribution in [0.2, 0.25) is 0 Å². The van der Waals surface area contributed by atoms with E-state index in [1.165, 1.54) is 12.1 Å². The molecule has 0 amide bonds. The maximum absolute atomic E-state index is 9.35. The fourth-order valence-corrected chi connectivity index (χ4v) is 1.00. The van der Waals surface area contributed by atoms with Gasteiger partial charge in [0, 0.05) is 18.7 Å². The molecule has 12 heavy (non-hydrogen) atoms. The number of benzene rings is 1. The van der Waals surface area contributed by atoms with Crippen LogP contribution in [0, 0.1) is 0 Å². The molecule has 2 N–H and O–H groups in total. The number of ether oxygens (including phenoxy) is 1. The lowest BCUT2D eigenvalue weighted by Crippen LogP contribution is -1.95. The van der Waals surface area contributed by atoms with Gasteiger partial charge in [0.2, 0.25) is 0 Å². The average molecular weight is 168 g/mol. The molecule has 3 heteroatoms. The second-order valence-electron chi connectivity index (χ2n) is 2.62. The Bertz CT molecular complexity index is 270. The molecule has 0 aromatic heterocycles. The second-order valence-corrected chi connectivity index (χ2v) is 2.62. The van der Waals surface area contributed by atoms with Gasteiger partial charge < -0.3 is 14.9 Å². The Morgan fingerprint density at radius 3 is 2.50 bits per heavy atom. The molecule has 0 saturated heterocycles. The quantitative estimate of drug-likeness (QED) is 0.708. The van der Waals surface area contributed by atoms with Crippen LogP contribution < -0.4 is 0 Å². The van der Waals surface area contributed by atoms with Crippen LogP contribution in [0.1, 0.15) is 18.6 Å². The lowest BCUT2D eigenvalue weighted by molar-refractivity contribution is 0.117. The van der Waals surface area contributed by atoms with Gasteiger partial charge >= 0.3 is 0 Å². The smallest absolute Gasteiger partial charge is 0.125 e. The summed E-state index contributed by atoms with van der Waals surface area (Å²) in [5.74, 6) is 0.115. The maximum Gasteiger partial charge on any atom is 0.125 e. The second kappa shape index (κ2) is 3.45. The molecule has 1 aromatic rings. The third kappa shape index (κ3) is 1.68. The normalized spacial score (nSPS) is 12.8. The van der Waals surface area contributed by atoms with E-state index in [1.54, 1.807) is 13.2 Å². The van der Waals surface area contributed by atoms with Crippen molar-refractivity contribution in [2.45, 2.75) is 13.0 Å². The minimum absolute atomic E-state index is 0.0551. The number of hydrogen-bond acceptors (Lipinski definition) is 3. The summed E-state index contributed by atoms with van der Waals surface area (Å²) >= 11 is 0. The Labute approximate surface area is 71.2 Å². The zero-order valence-corrected chi connectivity index (χ0v) is 7.11. The van der Waals surface area contributed by atoms with Crippen molar-refractivity contribution < 1.29 is 14.9 Å². The topological polar surface area (TPSA) is 49.7 Å². The number of rotatable bonds is 2. The summed E-state index contributed by atoms with van der Waals surface area (Å²) in [7, 11) is 1.57. The minimum atomic E-state index is -0.161. The van der Waals surface area contributed by atoms with Crippen LogP contribution in [0.25, 0.3) is 0 Å². The molecule has 0 aliphatic carbocycles. The number of methoxy groups -OCH3 is 1. The van der Waals surface area contributed by atoms with Crippen LogP contribution in [-0.4, -0.2) is 17.3 Å². The Hall–Kier alpha value is -1.22. The van der Waals surface area contributed by atoms with Crippen molar-refractivity contribution in [3.8, 4) is 11.5 Å². The van der Waals surface area contributed by atoms with Gasteiger partial charge in [0.15, 0.2) is 0 Å². The van der Waals surface area contributed by atoms with Crippen molar-refractivity contribution in [3.63, 3.8) is 0 Å². The predicted molar refractivity (Wildman–Crippen MR) is 45.2 cm³/mol. The average Bonchev–Trinajstić information content (AvgIpc) is 2.03. The van der Waals surface area contributed by atoms with Gasteiger partial charge in [-0.3, -0.25) is 0 Å². The van der Waals surface area contributed by atoms with Crippen molar-refractivity contribution in [1.82, 2.24) is 0 Å². The molecular weight excluding hydrogens is 156 g/mol. The van der Waals surface area contributed by atoms with Gasteiger partial charge in [0.1, 0.15) is 11.5 Å². The highest BCUT2D eigenvalue weighted by atomic mass is 16.5. The molecule has 0 saturated carbocycles. The Morgan fingerprint density at radius 1 is 1.33 bits per heavy atom. The highest BCUT2D eigenvalue weighted by Gasteiger charge is 2.08. The first-order valence-electron chi connectivity index (χ1n) is 3.70. The van der Waals surface area contributed by atoms with E-state index < -0.39 is 0 Å². The fraction of sp³-hybridized carbons (Fsp3) is 0.333. The Balaban J connectivity index is 3.01. The van der Waals surface area contributed by atoms with Crippen LogP contribution >= 0.6 is 0 Å². The molecule has 0 fully saturated rings. The van der Waals surface area contributed by atoms with Crippen molar-refractivity contribution in [1.29, 1.82) is 0 Å². The molecule has 1 unspecified atom stereocenters. The van der Waals surface area contributed by atoms with Gasteiger partial charge in [0.25, 0.3) is 0 Å². The predicted octanol–water partition coefficient (Wildman–Crippen LogP) is 1.81. The van der Waals surface area contributed by atoms with Crippen molar-refractivity contribution in [2.24, 2.45) is 0 Å². The van der Waals surface area contributed by atoms with Gasteiger partial charge in [-0.25, -0.2) is 0 Å². The molecule has 0 bridgehead atoms. The van der Waals surface area contributed by atoms with E-state index in [9.17, 15) is 5.11 Å². The molecule has 66 valence electrons. The summed E-state index contributed by atoms with van der Waals surface area (Å²) in [6.45, 7) is 1.83. The molecule has 0 aliphatic rings. The van der Waals surface area contributed by atoms with E-state index in [-0.39, 0.29) is 17.6 Å². The summed E-state index contributed by atoms with van der Waals surface area (Å²) in [5.41, 5.74) is 0.676. The van der Waals surface area contributed by atoms with Crippen LogP contribution in [-0.2, 0) is 4.74 Å². The van der Waals surface area contributed by atoms with Gasteiger partial charge in [-0.1, -0.05) is 0 Å². The van der Waals surface area contributed by atoms with E-state index in [0.717, 1.165) is 0 Å². The number of phenolic OH excluding ortho intramolecular Hbond substituents is 2. The van der Waals surface area contributed by atoms with Gasteiger partial charge in [0.05, 0.1) is 6.10 Å². The van der Waals surface area contributed by atoms with Crippen LogP contribution in [0.3, 0.4) is 0 Å². The highest BCUT2D eigenvalue weighted by molar-refractivity contribution is 5.39. The van der Waals surface area contributed by atoms with Crippen LogP contribution in [0.5, 0.6) is 11.5 Å². The van der Waals surface area contributed by atoms with Gasteiger partial charge in [-0.15, -0.1) is 0 Å². The zero-order chi connectivity index (χ0) is 9.14. The number of hydrogen-bond donors (Lipinski definition) is 2. The molecule has 3 nitrogen and oxygen atoms in total. The fourth-order valence-electron chi connectivity index (χ4n) is 1.00. The Kier molecular flexibility index (Phi) is 2.55. The number of phenols is 2. The van der Waals surface area contributed by atoms with Crippen molar-refractivity contribution in [2.75, 3.05) is 7.11 Å². The molecule has 0 aliphatic heterocycles. The number of aromatic hydroxyl groups is 2. The van der Waals surface area contributed by atoms with Gasteiger partial charge in [-0.05, 0) is 19.1 Å². The third-order valence-corrected chi connectivity index (χ3v) is 1.81. The highest BCUT2D eigenvalue weighted by Crippen LogP contribution is 2.28. The lowest BCUT2D eigenvalue weighted by Gasteiger charge is -2.11. The standard InChI is InChI=1S/C9H12O3/c1-6(12-2)8-4-3-7(10)5-9(8)11/h3-6,10-11H,1-2H3. The maximum atomic E-state index is 9.35. The Morgan fingerprint density at radius 2 is 2.00 bits per heavy atom. The van der Waals surface area contributed by atoms with Gasteiger partial charge in [-0.2, -0.15) is 0 Å². The van der Waals surface area contributed by atoms with E-state index in [2.05, 4.69) is 0 Å². The monoisotopic (exact) mass is 168 g/mol. The summed E-state index contributed by atoms with van der Waals surface area (Å²) in [4.78, 5) is 0. The molecule has 0 spiro atoms. The first-order chi connectivity index (χ1) is 5.65. The van der Waals surface area contributed by atoms with Crippen molar-refractivity contribution >= 4 is 0 Å². The van der Waals surface area contributed by atoms with E-state index >= 15 is 0 Å². The summed E-state index contributed by atoms with van der Waals surface area (Å²) in [5, 5.41) is 18.3. The molecule has 0 radical (unpaired) electrons. The SMILES string of the molecule is COC(C)c1ccc(O)cc1O. The zero-order valence-electron chi connectivity index (χ0n) is 7.11. The van der Waals surface area contributed by atoms with E-state index in [4.69, 9.17) is 9.84 Å². The molecular formula is C9H12O3. The molecule has 1 rings (SSSR count). The van der Waals surface area contributed by atoms with Crippen LogP contribution in [0.15, 0.2) is 18.2 Å². The minimum Gasteiger partial charge on any atom is -0.508 e. The van der Waals surface area contributed by atoms with Crippen molar-refractivity contribution in [3.05, 3.63) is 23.8 Å². The molecule has 1 aromatic carbocycles. The lowest BCUT2D eigenvalue weighted by atomic mass is 10.1. The van der Waals surface area contributed by atoms with Crippen LogP contribution in [0.4, 0.5) is 0 Å². The summed E-state index contributed by atoms with van der Waals surface area (Å²) < 4.78 is 5.02. The summed E-state index contributed by atoms with van der Waals surface area (Å²) in [6, 6.07) is 4.45. The van der Waals surface area contributed by atoms with E-state index in [0.29, 0.717) is 5.56 Å². The first-order valence-corrected chi connectivity index (χ1v) is 3.70. The third-order valence-electron chi connectivity index (χ3n) is 1.81. The summed E-state index contributed by atoms with van der Waals surface area (Å²) in [6.07, 6.45) is -0.161. The first kappa shape index (κ1) is 8.87. The molecule has 1 atom stereocenters. The largest absolute Gasteiger partial charge is 0.508 e.